The number of ether oxygens (including phenoxy) is 3. The first-order valence-corrected chi connectivity index (χ1v) is 8.72. The van der Waals surface area contributed by atoms with E-state index in [1.165, 1.54) is 7.11 Å². The zero-order valence-corrected chi connectivity index (χ0v) is 16.3. The van der Waals surface area contributed by atoms with Crippen LogP contribution in [-0.2, 0) is 19.0 Å². The lowest BCUT2D eigenvalue weighted by Gasteiger charge is -2.28. The summed E-state index contributed by atoms with van der Waals surface area (Å²) < 4.78 is 14.3. The zero-order chi connectivity index (χ0) is 20.0. The molecule has 0 radical (unpaired) electrons. The van der Waals surface area contributed by atoms with Crippen LogP contribution in [0, 0.1) is 11.3 Å². The standard InChI is InChI=1S/C18H32N2O6/c1-6-15(21)25-10-7-11-26-17(23)19-9-8-14(2)12-18(3,4)13-20-16(22)24-5/h6,14H,1,7-13H2,2-5H3,(H,19,23)(H,20,22). The number of esters is 1. The van der Waals surface area contributed by atoms with Crippen LogP contribution < -0.4 is 10.6 Å². The van der Waals surface area contributed by atoms with Crippen LogP contribution >= 0.6 is 0 Å². The Labute approximate surface area is 155 Å². The fraction of sp³-hybridized carbons (Fsp3) is 0.722. The molecular weight excluding hydrogens is 340 g/mol. The molecule has 0 aliphatic rings. The quantitative estimate of drug-likeness (QED) is 0.236. The van der Waals surface area contributed by atoms with Crippen molar-refractivity contribution in [1.82, 2.24) is 10.6 Å². The van der Waals surface area contributed by atoms with Gasteiger partial charge in [-0.15, -0.1) is 0 Å². The van der Waals surface area contributed by atoms with Crippen LogP contribution in [0.15, 0.2) is 12.7 Å². The largest absolute Gasteiger partial charge is 0.462 e. The SMILES string of the molecule is C=CC(=O)OCCCOC(=O)NCCC(C)CC(C)(C)CNC(=O)OC. The van der Waals surface area contributed by atoms with Gasteiger partial charge in [-0.2, -0.15) is 0 Å². The van der Waals surface area contributed by atoms with Crippen LogP contribution in [0.25, 0.3) is 0 Å². The molecule has 0 spiro atoms. The summed E-state index contributed by atoms with van der Waals surface area (Å²) in [4.78, 5) is 33.5. The highest BCUT2D eigenvalue weighted by molar-refractivity contribution is 5.81. The van der Waals surface area contributed by atoms with Crippen LogP contribution in [0.5, 0.6) is 0 Å². The molecular formula is C18H32N2O6. The first-order valence-electron chi connectivity index (χ1n) is 8.72. The summed E-state index contributed by atoms with van der Waals surface area (Å²) >= 11 is 0. The average molecular weight is 372 g/mol. The molecule has 0 bridgehead atoms. The summed E-state index contributed by atoms with van der Waals surface area (Å²) in [6.07, 6.45) is 2.29. The second-order valence-corrected chi connectivity index (χ2v) is 6.90. The molecule has 0 aliphatic heterocycles. The molecule has 1 atom stereocenters. The van der Waals surface area contributed by atoms with Gasteiger partial charge in [0.2, 0.25) is 0 Å². The first kappa shape index (κ1) is 23.8. The number of nitrogens with one attached hydrogen (secondary N) is 2. The Bertz CT molecular complexity index is 465. The average Bonchev–Trinajstić information content (AvgIpc) is 2.58. The van der Waals surface area contributed by atoms with Crippen LogP contribution in [0.1, 0.15) is 40.0 Å². The van der Waals surface area contributed by atoms with Crippen molar-refractivity contribution in [2.75, 3.05) is 33.4 Å². The predicted molar refractivity (Wildman–Crippen MR) is 97.7 cm³/mol. The molecule has 2 amide bonds. The Balaban J connectivity index is 3.80. The molecule has 1 unspecified atom stereocenters. The van der Waals surface area contributed by atoms with Gasteiger partial charge in [0.05, 0.1) is 20.3 Å². The summed E-state index contributed by atoms with van der Waals surface area (Å²) in [5.41, 5.74) is -0.0724. The van der Waals surface area contributed by atoms with Crippen molar-refractivity contribution in [2.24, 2.45) is 11.3 Å². The first-order chi connectivity index (χ1) is 12.2. The van der Waals surface area contributed by atoms with Crippen molar-refractivity contribution < 1.29 is 28.6 Å². The van der Waals surface area contributed by atoms with Crippen molar-refractivity contribution >= 4 is 18.2 Å². The minimum Gasteiger partial charge on any atom is -0.462 e. The fourth-order valence-corrected chi connectivity index (χ4v) is 2.43. The molecule has 0 saturated heterocycles. The van der Waals surface area contributed by atoms with Gasteiger partial charge < -0.3 is 24.8 Å². The van der Waals surface area contributed by atoms with E-state index in [2.05, 4.69) is 42.7 Å². The number of hydrogen-bond donors (Lipinski definition) is 2. The van der Waals surface area contributed by atoms with Crippen molar-refractivity contribution in [3.63, 3.8) is 0 Å². The lowest BCUT2D eigenvalue weighted by Crippen LogP contribution is -2.35. The maximum absolute atomic E-state index is 11.6. The highest BCUT2D eigenvalue weighted by atomic mass is 16.6. The predicted octanol–water partition coefficient (Wildman–Crippen LogP) is 2.63. The normalized spacial score (nSPS) is 11.8. The van der Waals surface area contributed by atoms with Crippen molar-refractivity contribution in [3.05, 3.63) is 12.7 Å². The Morgan fingerprint density at radius 1 is 1.12 bits per heavy atom. The third-order valence-corrected chi connectivity index (χ3v) is 3.64. The van der Waals surface area contributed by atoms with E-state index < -0.39 is 18.2 Å². The van der Waals surface area contributed by atoms with Gasteiger partial charge in [0, 0.05) is 25.6 Å². The van der Waals surface area contributed by atoms with E-state index >= 15 is 0 Å². The number of carbonyl (C=O) groups is 3. The molecule has 8 nitrogen and oxygen atoms in total. The van der Waals surface area contributed by atoms with Crippen LogP contribution in [-0.4, -0.2) is 51.6 Å². The molecule has 0 aromatic rings. The van der Waals surface area contributed by atoms with Gasteiger partial charge in [-0.25, -0.2) is 14.4 Å². The van der Waals surface area contributed by atoms with E-state index in [9.17, 15) is 14.4 Å². The van der Waals surface area contributed by atoms with Gasteiger partial charge in [-0.3, -0.25) is 0 Å². The van der Waals surface area contributed by atoms with E-state index in [4.69, 9.17) is 9.47 Å². The van der Waals surface area contributed by atoms with Gasteiger partial charge in [0.1, 0.15) is 0 Å². The summed E-state index contributed by atoms with van der Waals surface area (Å²) in [5, 5.41) is 5.40. The maximum Gasteiger partial charge on any atom is 0.407 e. The molecule has 8 heteroatoms. The number of carbonyl (C=O) groups excluding carboxylic acids is 3. The van der Waals surface area contributed by atoms with Crippen LogP contribution in [0.2, 0.25) is 0 Å². The molecule has 26 heavy (non-hydrogen) atoms. The minimum atomic E-state index is -0.492. The molecule has 0 rings (SSSR count). The number of alkyl carbamates (subject to hydrolysis) is 2. The van der Waals surface area contributed by atoms with Crippen LogP contribution in [0.3, 0.4) is 0 Å². The molecule has 0 heterocycles. The van der Waals surface area contributed by atoms with Crippen molar-refractivity contribution in [1.29, 1.82) is 0 Å². The Morgan fingerprint density at radius 2 is 1.77 bits per heavy atom. The van der Waals surface area contributed by atoms with E-state index in [1.54, 1.807) is 0 Å². The number of hydrogen-bond acceptors (Lipinski definition) is 6. The van der Waals surface area contributed by atoms with E-state index in [-0.39, 0.29) is 18.6 Å². The summed E-state index contributed by atoms with van der Waals surface area (Å²) in [6.45, 7) is 10.9. The second kappa shape index (κ2) is 13.0. The molecule has 0 aromatic carbocycles. The van der Waals surface area contributed by atoms with Gasteiger partial charge in [-0.05, 0) is 24.2 Å². The van der Waals surface area contributed by atoms with Crippen LogP contribution in [0.4, 0.5) is 9.59 Å². The number of methoxy groups -OCH3 is 1. The molecule has 0 fully saturated rings. The Morgan fingerprint density at radius 3 is 2.38 bits per heavy atom. The van der Waals surface area contributed by atoms with Gasteiger partial charge in [0.15, 0.2) is 0 Å². The Kier molecular flexibility index (Phi) is 11.9. The zero-order valence-electron chi connectivity index (χ0n) is 16.3. The highest BCUT2D eigenvalue weighted by Crippen LogP contribution is 2.26. The smallest absolute Gasteiger partial charge is 0.407 e. The van der Waals surface area contributed by atoms with Crippen molar-refractivity contribution in [2.45, 2.75) is 40.0 Å². The number of rotatable bonds is 12. The topological polar surface area (TPSA) is 103 Å². The third-order valence-electron chi connectivity index (χ3n) is 3.64. The monoisotopic (exact) mass is 372 g/mol. The van der Waals surface area contributed by atoms with E-state index in [0.29, 0.717) is 25.4 Å². The molecule has 0 aliphatic carbocycles. The van der Waals surface area contributed by atoms with E-state index in [1.807, 2.05) is 0 Å². The fourth-order valence-electron chi connectivity index (χ4n) is 2.43. The molecule has 0 aromatic heterocycles. The highest BCUT2D eigenvalue weighted by Gasteiger charge is 2.22. The molecule has 150 valence electrons. The summed E-state index contributed by atoms with van der Waals surface area (Å²) in [5.74, 6) is -0.129. The Hall–Kier alpha value is -2.25. The van der Waals surface area contributed by atoms with Gasteiger partial charge in [0.25, 0.3) is 0 Å². The summed E-state index contributed by atoms with van der Waals surface area (Å²) in [6, 6.07) is 0. The van der Waals surface area contributed by atoms with Crippen molar-refractivity contribution in [3.8, 4) is 0 Å². The van der Waals surface area contributed by atoms with Gasteiger partial charge >= 0.3 is 18.2 Å². The third kappa shape index (κ3) is 13.1. The van der Waals surface area contributed by atoms with Gasteiger partial charge in [-0.1, -0.05) is 27.4 Å². The number of amides is 2. The maximum atomic E-state index is 11.6. The lowest BCUT2D eigenvalue weighted by molar-refractivity contribution is -0.137. The lowest BCUT2D eigenvalue weighted by atomic mass is 9.82. The second-order valence-electron chi connectivity index (χ2n) is 6.90. The minimum absolute atomic E-state index is 0.0724. The molecule has 2 N–H and O–H groups in total. The summed E-state index contributed by atoms with van der Waals surface area (Å²) in [7, 11) is 1.34. The van der Waals surface area contributed by atoms with E-state index in [0.717, 1.165) is 18.9 Å². The molecule has 0 saturated carbocycles.